The zero-order chi connectivity index (χ0) is 11.5. The van der Waals surface area contributed by atoms with E-state index in [2.05, 4.69) is 10.3 Å². The van der Waals surface area contributed by atoms with Crippen LogP contribution in [0.3, 0.4) is 0 Å². The Labute approximate surface area is 93.3 Å². The summed E-state index contributed by atoms with van der Waals surface area (Å²) >= 11 is 0. The van der Waals surface area contributed by atoms with Gasteiger partial charge in [-0.1, -0.05) is 12.1 Å². The molecule has 1 amide bonds. The second kappa shape index (κ2) is 4.22. The summed E-state index contributed by atoms with van der Waals surface area (Å²) in [6.07, 6.45) is 0. The van der Waals surface area contributed by atoms with E-state index in [0.29, 0.717) is 5.95 Å². The highest BCUT2D eigenvalue weighted by molar-refractivity contribution is 5.82. The zero-order valence-electron chi connectivity index (χ0n) is 9.10. The van der Waals surface area contributed by atoms with Gasteiger partial charge in [0.05, 0.1) is 11.0 Å². The van der Waals surface area contributed by atoms with E-state index in [1.54, 1.807) is 4.57 Å². The largest absolute Gasteiger partial charge is 0.368 e. The maximum Gasteiger partial charge on any atom is 0.237 e. The molecular formula is C11H14N4O. The van der Waals surface area contributed by atoms with Gasteiger partial charge in [0.1, 0.15) is 6.54 Å². The Kier molecular flexibility index (Phi) is 2.76. The Morgan fingerprint density at radius 1 is 1.50 bits per heavy atom. The average Bonchev–Trinajstić information content (AvgIpc) is 2.57. The van der Waals surface area contributed by atoms with Crippen LogP contribution in [0.1, 0.15) is 6.92 Å². The number of fused-ring (bicyclic) bond motifs is 1. The predicted molar refractivity (Wildman–Crippen MR) is 63.1 cm³/mol. The van der Waals surface area contributed by atoms with Crippen molar-refractivity contribution < 1.29 is 4.79 Å². The Morgan fingerprint density at radius 3 is 2.94 bits per heavy atom. The zero-order valence-corrected chi connectivity index (χ0v) is 9.10. The molecule has 3 N–H and O–H groups in total. The van der Waals surface area contributed by atoms with Crippen molar-refractivity contribution in [2.75, 3.05) is 11.9 Å². The van der Waals surface area contributed by atoms with Gasteiger partial charge in [-0.05, 0) is 19.1 Å². The molecule has 0 aliphatic carbocycles. The number of nitrogens with zero attached hydrogens (tertiary/aromatic N) is 2. The van der Waals surface area contributed by atoms with Crippen LogP contribution in [0, 0.1) is 0 Å². The molecule has 0 aliphatic heterocycles. The van der Waals surface area contributed by atoms with Crippen LogP contribution in [0.15, 0.2) is 24.3 Å². The number of anilines is 1. The van der Waals surface area contributed by atoms with Gasteiger partial charge in [0.25, 0.3) is 0 Å². The number of carbonyl (C=O) groups is 1. The number of benzene rings is 1. The molecule has 2 aromatic rings. The average molecular weight is 218 g/mol. The van der Waals surface area contributed by atoms with Gasteiger partial charge in [-0.15, -0.1) is 0 Å². The van der Waals surface area contributed by atoms with Crippen LogP contribution in [0.25, 0.3) is 11.0 Å². The van der Waals surface area contributed by atoms with E-state index in [-0.39, 0.29) is 12.5 Å². The number of hydrogen-bond donors (Lipinski definition) is 2. The lowest BCUT2D eigenvalue weighted by Crippen LogP contribution is -2.20. The van der Waals surface area contributed by atoms with Crippen molar-refractivity contribution in [3.8, 4) is 0 Å². The van der Waals surface area contributed by atoms with Crippen molar-refractivity contribution in [2.45, 2.75) is 13.5 Å². The number of hydrogen-bond acceptors (Lipinski definition) is 3. The third-order valence-corrected chi connectivity index (χ3v) is 2.30. The highest BCUT2D eigenvalue weighted by Crippen LogP contribution is 2.18. The number of imidazole rings is 1. The lowest BCUT2D eigenvalue weighted by molar-refractivity contribution is -0.118. The molecule has 0 atom stereocenters. The number of nitrogens with one attached hydrogen (secondary N) is 1. The molecule has 1 aromatic carbocycles. The SMILES string of the molecule is CCNc1nc2ccccc2n1CC(N)=O. The second-order valence-electron chi connectivity index (χ2n) is 3.51. The maximum absolute atomic E-state index is 11.0. The summed E-state index contributed by atoms with van der Waals surface area (Å²) in [5, 5.41) is 3.12. The Balaban J connectivity index is 2.54. The number of nitrogens with two attached hydrogens (primary N) is 1. The summed E-state index contributed by atoms with van der Waals surface area (Å²) in [5.74, 6) is 0.310. The highest BCUT2D eigenvalue weighted by atomic mass is 16.1. The minimum Gasteiger partial charge on any atom is -0.368 e. The molecule has 0 bridgehead atoms. The number of carbonyl (C=O) groups excluding carboxylic acids is 1. The Bertz CT molecular complexity index is 518. The van der Waals surface area contributed by atoms with Gasteiger partial charge < -0.3 is 15.6 Å². The number of primary amides is 1. The van der Waals surface area contributed by atoms with Gasteiger partial charge in [-0.3, -0.25) is 4.79 Å². The lowest BCUT2D eigenvalue weighted by Gasteiger charge is -2.06. The number of para-hydroxylation sites is 2. The van der Waals surface area contributed by atoms with Gasteiger partial charge in [-0.25, -0.2) is 4.98 Å². The van der Waals surface area contributed by atoms with E-state index in [1.807, 2.05) is 31.2 Å². The molecule has 84 valence electrons. The third-order valence-electron chi connectivity index (χ3n) is 2.30. The lowest BCUT2D eigenvalue weighted by atomic mass is 10.3. The normalized spacial score (nSPS) is 10.6. The standard InChI is InChI=1S/C11H14N4O/c1-2-13-11-14-8-5-3-4-6-9(8)15(11)7-10(12)16/h3-6H,2,7H2,1H3,(H2,12,16)(H,13,14). The molecule has 0 fully saturated rings. The van der Waals surface area contributed by atoms with E-state index >= 15 is 0 Å². The van der Waals surface area contributed by atoms with E-state index in [4.69, 9.17) is 5.73 Å². The molecule has 1 aromatic heterocycles. The van der Waals surface area contributed by atoms with Crippen LogP contribution in [0.5, 0.6) is 0 Å². The molecule has 5 heteroatoms. The van der Waals surface area contributed by atoms with Crippen LogP contribution in [0.4, 0.5) is 5.95 Å². The topological polar surface area (TPSA) is 72.9 Å². The first-order valence-corrected chi connectivity index (χ1v) is 5.20. The molecule has 0 unspecified atom stereocenters. The first-order chi connectivity index (χ1) is 7.72. The molecule has 0 saturated heterocycles. The Hall–Kier alpha value is -2.04. The number of rotatable bonds is 4. The highest BCUT2D eigenvalue weighted by Gasteiger charge is 2.10. The first kappa shape index (κ1) is 10.5. The van der Waals surface area contributed by atoms with Crippen LogP contribution in [0.2, 0.25) is 0 Å². The monoisotopic (exact) mass is 218 g/mol. The van der Waals surface area contributed by atoms with Crippen molar-refractivity contribution in [3.63, 3.8) is 0 Å². The number of aromatic nitrogens is 2. The van der Waals surface area contributed by atoms with Crippen LogP contribution in [-0.4, -0.2) is 22.0 Å². The minimum atomic E-state index is -0.373. The quantitative estimate of drug-likeness (QED) is 0.802. The molecular weight excluding hydrogens is 204 g/mol. The van der Waals surface area contributed by atoms with Gasteiger partial charge in [-0.2, -0.15) is 0 Å². The molecule has 2 rings (SSSR count). The van der Waals surface area contributed by atoms with Crippen molar-refractivity contribution in [1.29, 1.82) is 0 Å². The van der Waals surface area contributed by atoms with Gasteiger partial charge in [0.15, 0.2) is 0 Å². The summed E-state index contributed by atoms with van der Waals surface area (Å²) in [7, 11) is 0. The van der Waals surface area contributed by atoms with Crippen molar-refractivity contribution in [2.24, 2.45) is 5.73 Å². The molecule has 0 radical (unpaired) electrons. The molecule has 1 heterocycles. The predicted octanol–water partition coefficient (Wildman–Crippen LogP) is 0.953. The molecule has 0 spiro atoms. The van der Waals surface area contributed by atoms with Crippen molar-refractivity contribution in [1.82, 2.24) is 9.55 Å². The summed E-state index contributed by atoms with van der Waals surface area (Å²) in [6, 6.07) is 7.66. The molecule has 5 nitrogen and oxygen atoms in total. The van der Waals surface area contributed by atoms with Crippen LogP contribution < -0.4 is 11.1 Å². The Morgan fingerprint density at radius 2 is 2.25 bits per heavy atom. The summed E-state index contributed by atoms with van der Waals surface area (Å²) < 4.78 is 1.79. The van der Waals surface area contributed by atoms with Crippen molar-refractivity contribution in [3.05, 3.63) is 24.3 Å². The fourth-order valence-corrected chi connectivity index (χ4v) is 1.68. The summed E-state index contributed by atoms with van der Waals surface area (Å²) in [4.78, 5) is 15.4. The molecule has 0 aliphatic rings. The summed E-state index contributed by atoms with van der Waals surface area (Å²) in [5.41, 5.74) is 7.00. The van der Waals surface area contributed by atoms with E-state index in [0.717, 1.165) is 17.6 Å². The summed E-state index contributed by atoms with van der Waals surface area (Å²) in [6.45, 7) is 2.87. The first-order valence-electron chi connectivity index (χ1n) is 5.20. The maximum atomic E-state index is 11.0. The van der Waals surface area contributed by atoms with Crippen molar-refractivity contribution >= 4 is 22.9 Å². The third kappa shape index (κ3) is 1.84. The second-order valence-corrected chi connectivity index (χ2v) is 3.51. The van der Waals surface area contributed by atoms with Crippen LogP contribution in [-0.2, 0) is 11.3 Å². The minimum absolute atomic E-state index is 0.142. The molecule has 16 heavy (non-hydrogen) atoms. The number of amides is 1. The fraction of sp³-hybridized carbons (Fsp3) is 0.273. The van der Waals surface area contributed by atoms with Crippen LogP contribution >= 0.6 is 0 Å². The molecule has 0 saturated carbocycles. The van der Waals surface area contributed by atoms with Gasteiger partial charge in [0.2, 0.25) is 11.9 Å². The fourth-order valence-electron chi connectivity index (χ4n) is 1.68. The van der Waals surface area contributed by atoms with E-state index in [1.165, 1.54) is 0 Å². The van der Waals surface area contributed by atoms with E-state index < -0.39 is 0 Å². The van der Waals surface area contributed by atoms with Gasteiger partial charge >= 0.3 is 0 Å². The van der Waals surface area contributed by atoms with Gasteiger partial charge in [0, 0.05) is 6.54 Å². The van der Waals surface area contributed by atoms with E-state index in [9.17, 15) is 4.79 Å². The smallest absolute Gasteiger partial charge is 0.237 e.